The van der Waals surface area contributed by atoms with E-state index in [9.17, 15) is 18.0 Å². The fraction of sp³-hybridized carbons (Fsp3) is 0.353. The number of hydrogen-bond acceptors (Lipinski definition) is 8. The molecule has 0 spiro atoms. The van der Waals surface area contributed by atoms with Gasteiger partial charge in [-0.25, -0.2) is 0 Å². The lowest BCUT2D eigenvalue weighted by molar-refractivity contribution is -0.138. The van der Waals surface area contributed by atoms with Gasteiger partial charge in [0, 0.05) is 37.3 Å². The number of aromatic nitrogens is 5. The molecule has 3 aromatic rings. The fourth-order valence-corrected chi connectivity index (χ4v) is 3.40. The topological polar surface area (TPSA) is 113 Å². The van der Waals surface area contributed by atoms with Gasteiger partial charge in [0.15, 0.2) is 12.4 Å². The summed E-state index contributed by atoms with van der Waals surface area (Å²) < 4.78 is 45.3. The lowest BCUT2D eigenvalue weighted by atomic mass is 10.1. The molecule has 3 heterocycles. The molecule has 1 fully saturated rings. The van der Waals surface area contributed by atoms with Gasteiger partial charge in [-0.15, -0.1) is 10.2 Å². The Labute approximate surface area is 177 Å². The van der Waals surface area contributed by atoms with E-state index in [4.69, 9.17) is 21.2 Å². The summed E-state index contributed by atoms with van der Waals surface area (Å²) in [5, 5.41) is 24.2. The molecule has 0 amide bonds. The summed E-state index contributed by atoms with van der Waals surface area (Å²) in [6, 6.07) is 5.10. The van der Waals surface area contributed by atoms with Crippen LogP contribution in [0.15, 0.2) is 28.8 Å². The molecular formula is C17H15ClF3N7O3. The predicted molar refractivity (Wildman–Crippen MR) is 102 cm³/mol. The molecule has 1 saturated heterocycles. The second-order valence-corrected chi connectivity index (χ2v) is 7.16. The van der Waals surface area contributed by atoms with Crippen molar-refractivity contribution in [2.24, 2.45) is 0 Å². The van der Waals surface area contributed by atoms with Crippen molar-refractivity contribution >= 4 is 29.1 Å². The molecule has 1 aromatic carbocycles. The molecule has 0 aliphatic carbocycles. The van der Waals surface area contributed by atoms with Gasteiger partial charge in [0.05, 0.1) is 11.3 Å². The van der Waals surface area contributed by atoms with Gasteiger partial charge in [-0.1, -0.05) is 16.8 Å². The third-order valence-corrected chi connectivity index (χ3v) is 4.89. The van der Waals surface area contributed by atoms with E-state index in [2.05, 4.69) is 20.6 Å². The summed E-state index contributed by atoms with van der Waals surface area (Å²) in [5.41, 5.74) is -0.690. The first kappa shape index (κ1) is 20.9. The number of hydrogen-bond donors (Lipinski definition) is 1. The summed E-state index contributed by atoms with van der Waals surface area (Å²) in [4.78, 5) is 15.1. The monoisotopic (exact) mass is 457 g/mol. The number of benzene rings is 1. The molecule has 10 nitrogen and oxygen atoms in total. The predicted octanol–water partition coefficient (Wildman–Crippen LogP) is 2.41. The molecule has 31 heavy (non-hydrogen) atoms. The zero-order valence-electron chi connectivity index (χ0n) is 15.8. The van der Waals surface area contributed by atoms with Crippen LogP contribution in [0.4, 0.5) is 24.7 Å². The van der Waals surface area contributed by atoms with Crippen LogP contribution in [0.1, 0.15) is 5.56 Å². The van der Waals surface area contributed by atoms with Crippen LogP contribution in [-0.2, 0) is 17.5 Å². The molecular weight excluding hydrogens is 443 g/mol. The zero-order valence-corrected chi connectivity index (χ0v) is 16.5. The highest BCUT2D eigenvalue weighted by Gasteiger charge is 2.35. The smallest absolute Gasteiger partial charge is 0.418 e. The van der Waals surface area contributed by atoms with Gasteiger partial charge in [-0.3, -0.25) is 4.79 Å². The van der Waals surface area contributed by atoms with Crippen LogP contribution in [-0.4, -0.2) is 62.6 Å². The van der Waals surface area contributed by atoms with E-state index in [-0.39, 0.29) is 22.3 Å². The number of alkyl halides is 3. The molecule has 0 atom stereocenters. The lowest BCUT2D eigenvalue weighted by Gasteiger charge is -2.37. The van der Waals surface area contributed by atoms with E-state index >= 15 is 0 Å². The number of tetrazole rings is 1. The van der Waals surface area contributed by atoms with Gasteiger partial charge in [0.25, 0.3) is 0 Å². The van der Waals surface area contributed by atoms with Gasteiger partial charge >= 0.3 is 12.1 Å². The van der Waals surface area contributed by atoms with Crippen molar-refractivity contribution in [2.45, 2.75) is 12.7 Å². The number of halogens is 4. The van der Waals surface area contributed by atoms with Gasteiger partial charge in [0.1, 0.15) is 0 Å². The van der Waals surface area contributed by atoms with Crippen molar-refractivity contribution in [3.63, 3.8) is 0 Å². The van der Waals surface area contributed by atoms with E-state index in [0.29, 0.717) is 32.0 Å². The largest absolute Gasteiger partial charge is 0.480 e. The molecule has 0 saturated carbocycles. The van der Waals surface area contributed by atoms with E-state index in [0.717, 1.165) is 10.9 Å². The Morgan fingerprint density at radius 1 is 1.16 bits per heavy atom. The third-order valence-electron chi connectivity index (χ3n) is 4.66. The van der Waals surface area contributed by atoms with E-state index in [1.165, 1.54) is 12.1 Å². The number of nitrogens with zero attached hydrogens (tertiary/aromatic N) is 7. The van der Waals surface area contributed by atoms with Gasteiger partial charge in [0.2, 0.25) is 11.6 Å². The highest BCUT2D eigenvalue weighted by Crippen LogP contribution is 2.38. The SMILES string of the molecule is O=C(O)Cn1nnc(-c2cc(N3CCN(c4cc(Cl)ccc4C(F)(F)F)CC3)no2)n1. The summed E-state index contributed by atoms with van der Waals surface area (Å²) >= 11 is 5.92. The summed E-state index contributed by atoms with van der Waals surface area (Å²) in [6.07, 6.45) is -4.48. The van der Waals surface area contributed by atoms with Crippen LogP contribution >= 0.6 is 11.6 Å². The number of carboxylic acid groups (broad SMARTS) is 1. The molecule has 0 radical (unpaired) electrons. The number of carboxylic acids is 1. The Kier molecular flexibility index (Phi) is 5.43. The van der Waals surface area contributed by atoms with Crippen molar-refractivity contribution < 1.29 is 27.6 Å². The molecule has 0 unspecified atom stereocenters. The maximum absolute atomic E-state index is 13.4. The van der Waals surface area contributed by atoms with Crippen molar-refractivity contribution in [2.75, 3.05) is 36.0 Å². The van der Waals surface area contributed by atoms with Crippen molar-refractivity contribution in [3.8, 4) is 11.6 Å². The quantitative estimate of drug-likeness (QED) is 0.616. The highest BCUT2D eigenvalue weighted by molar-refractivity contribution is 6.30. The molecule has 164 valence electrons. The van der Waals surface area contributed by atoms with Crippen LogP contribution < -0.4 is 9.80 Å². The molecule has 2 aromatic heterocycles. The fourth-order valence-electron chi connectivity index (χ4n) is 3.23. The van der Waals surface area contributed by atoms with Gasteiger partial charge in [-0.05, 0) is 23.4 Å². The van der Waals surface area contributed by atoms with Crippen LogP contribution in [0.2, 0.25) is 5.02 Å². The normalized spacial score (nSPS) is 14.8. The summed E-state index contributed by atoms with van der Waals surface area (Å²) in [5.74, 6) is -0.379. The van der Waals surface area contributed by atoms with Crippen molar-refractivity contribution in [1.82, 2.24) is 25.4 Å². The Morgan fingerprint density at radius 3 is 2.55 bits per heavy atom. The molecule has 14 heteroatoms. The number of piperazine rings is 1. The minimum atomic E-state index is -4.48. The standard InChI is InChI=1S/C17H15ClF3N7O3/c18-10-1-2-11(17(19,20)21)12(7-10)26-3-5-27(6-4-26)14-8-13(31-24-14)16-22-25-28(23-16)9-15(29)30/h1-2,7-8H,3-6,9H2,(H,29,30). The van der Waals surface area contributed by atoms with Crippen molar-refractivity contribution in [3.05, 3.63) is 34.9 Å². The van der Waals surface area contributed by atoms with Crippen LogP contribution in [0.3, 0.4) is 0 Å². The molecule has 1 aliphatic heterocycles. The first-order valence-corrected chi connectivity index (χ1v) is 9.42. The van der Waals surface area contributed by atoms with Gasteiger partial charge < -0.3 is 19.4 Å². The minimum absolute atomic E-state index is 0.0414. The molecule has 1 aliphatic rings. The van der Waals surface area contributed by atoms with Gasteiger partial charge in [-0.2, -0.15) is 18.0 Å². The second-order valence-electron chi connectivity index (χ2n) is 6.72. The first-order chi connectivity index (χ1) is 14.7. The lowest BCUT2D eigenvalue weighted by Crippen LogP contribution is -2.47. The maximum Gasteiger partial charge on any atom is 0.418 e. The van der Waals surface area contributed by atoms with E-state index < -0.39 is 24.3 Å². The average molecular weight is 458 g/mol. The Hall–Kier alpha value is -3.35. The molecule has 4 rings (SSSR count). The maximum atomic E-state index is 13.4. The van der Waals surface area contributed by atoms with Crippen LogP contribution in [0.5, 0.6) is 0 Å². The zero-order chi connectivity index (χ0) is 22.2. The minimum Gasteiger partial charge on any atom is -0.480 e. The average Bonchev–Trinajstić information content (AvgIpc) is 3.36. The number of anilines is 2. The third kappa shape index (κ3) is 4.55. The Bertz CT molecular complexity index is 1090. The van der Waals surface area contributed by atoms with E-state index in [1.807, 2.05) is 4.90 Å². The summed E-state index contributed by atoms with van der Waals surface area (Å²) in [7, 11) is 0. The highest BCUT2D eigenvalue weighted by atomic mass is 35.5. The van der Waals surface area contributed by atoms with Crippen molar-refractivity contribution in [1.29, 1.82) is 0 Å². The number of carbonyl (C=O) groups is 1. The number of aliphatic carboxylic acids is 1. The molecule has 1 N–H and O–H groups in total. The number of rotatable bonds is 5. The second kappa shape index (κ2) is 8.06. The van der Waals surface area contributed by atoms with Crippen LogP contribution in [0.25, 0.3) is 11.6 Å². The Morgan fingerprint density at radius 2 is 1.87 bits per heavy atom. The van der Waals surface area contributed by atoms with Crippen LogP contribution in [0, 0.1) is 0 Å². The summed E-state index contributed by atoms with van der Waals surface area (Å²) in [6.45, 7) is 0.987. The van der Waals surface area contributed by atoms with E-state index in [1.54, 1.807) is 11.0 Å². The Balaban J connectivity index is 1.45. The molecule has 0 bridgehead atoms. The first-order valence-electron chi connectivity index (χ1n) is 9.04.